The van der Waals surface area contributed by atoms with E-state index in [-0.39, 0.29) is 16.6 Å². The summed E-state index contributed by atoms with van der Waals surface area (Å²) in [5, 5.41) is 3.17. The SMILES string of the molecule is CC(C)[C@@H](N=C1NS(=O)(=O)c2ccccc21)C(=O)O[C@H](C)C(=O)Nc1ccc(Cl)cc1. The first-order valence-electron chi connectivity index (χ1n) is 9.55. The van der Waals surface area contributed by atoms with Crippen LogP contribution in [0.25, 0.3) is 0 Å². The fourth-order valence-electron chi connectivity index (χ4n) is 2.92. The minimum Gasteiger partial charge on any atom is -0.451 e. The Bertz CT molecular complexity index is 1130. The van der Waals surface area contributed by atoms with Gasteiger partial charge < -0.3 is 10.1 Å². The molecule has 0 unspecified atom stereocenters. The molecule has 0 saturated carbocycles. The molecule has 0 aliphatic carbocycles. The van der Waals surface area contributed by atoms with Gasteiger partial charge in [-0.15, -0.1) is 0 Å². The summed E-state index contributed by atoms with van der Waals surface area (Å²) in [6, 6.07) is 11.9. The Morgan fingerprint density at radius 1 is 1.06 bits per heavy atom. The Labute approximate surface area is 185 Å². The number of amidine groups is 1. The number of benzene rings is 2. The summed E-state index contributed by atoms with van der Waals surface area (Å²) in [7, 11) is -3.73. The van der Waals surface area contributed by atoms with Gasteiger partial charge in [-0.05, 0) is 49.2 Å². The summed E-state index contributed by atoms with van der Waals surface area (Å²) in [4.78, 5) is 29.5. The number of nitrogens with one attached hydrogen (secondary N) is 2. The van der Waals surface area contributed by atoms with Gasteiger partial charge in [0.25, 0.3) is 15.9 Å². The number of aliphatic imine (C=N–C) groups is 1. The third-order valence-electron chi connectivity index (χ3n) is 4.58. The highest BCUT2D eigenvalue weighted by molar-refractivity contribution is 7.90. The van der Waals surface area contributed by atoms with E-state index in [1.165, 1.54) is 13.0 Å². The van der Waals surface area contributed by atoms with E-state index in [0.29, 0.717) is 16.3 Å². The third kappa shape index (κ3) is 5.23. The van der Waals surface area contributed by atoms with Crippen molar-refractivity contribution in [1.29, 1.82) is 0 Å². The monoisotopic (exact) mass is 463 g/mol. The second-order valence-electron chi connectivity index (χ2n) is 7.34. The lowest BCUT2D eigenvalue weighted by atomic mass is 10.0. The van der Waals surface area contributed by atoms with E-state index < -0.39 is 34.0 Å². The van der Waals surface area contributed by atoms with E-state index >= 15 is 0 Å². The Hall–Kier alpha value is -2.91. The van der Waals surface area contributed by atoms with Crippen LogP contribution in [0, 0.1) is 5.92 Å². The summed E-state index contributed by atoms with van der Waals surface area (Å²) in [5.41, 5.74) is 0.893. The number of rotatable bonds is 6. The molecule has 0 bridgehead atoms. The average molecular weight is 464 g/mol. The molecule has 0 aromatic heterocycles. The molecule has 3 rings (SSSR count). The van der Waals surface area contributed by atoms with Crippen LogP contribution in [0.4, 0.5) is 5.69 Å². The Morgan fingerprint density at radius 2 is 1.71 bits per heavy atom. The van der Waals surface area contributed by atoms with Gasteiger partial charge in [0.15, 0.2) is 12.1 Å². The summed E-state index contributed by atoms with van der Waals surface area (Å²) in [5.74, 6) is -1.48. The van der Waals surface area contributed by atoms with Crippen LogP contribution >= 0.6 is 11.6 Å². The van der Waals surface area contributed by atoms with Crippen molar-refractivity contribution in [2.24, 2.45) is 10.9 Å². The lowest BCUT2D eigenvalue weighted by Crippen LogP contribution is -2.37. The van der Waals surface area contributed by atoms with Gasteiger partial charge >= 0.3 is 5.97 Å². The molecule has 8 nitrogen and oxygen atoms in total. The molecule has 0 fully saturated rings. The Kier molecular flexibility index (Phi) is 6.66. The predicted molar refractivity (Wildman–Crippen MR) is 118 cm³/mol. The summed E-state index contributed by atoms with van der Waals surface area (Å²) in [6.07, 6.45) is -1.09. The lowest BCUT2D eigenvalue weighted by Gasteiger charge is -2.19. The second-order valence-corrected chi connectivity index (χ2v) is 9.43. The van der Waals surface area contributed by atoms with Crippen molar-refractivity contribution < 1.29 is 22.7 Å². The van der Waals surface area contributed by atoms with Gasteiger partial charge in [-0.1, -0.05) is 37.6 Å². The van der Waals surface area contributed by atoms with Crippen molar-refractivity contribution >= 4 is 45.0 Å². The van der Waals surface area contributed by atoms with Gasteiger partial charge in [0, 0.05) is 16.3 Å². The van der Waals surface area contributed by atoms with Gasteiger partial charge in [0.05, 0.1) is 4.90 Å². The van der Waals surface area contributed by atoms with Crippen molar-refractivity contribution in [3.63, 3.8) is 0 Å². The fourth-order valence-corrected chi connectivity index (χ4v) is 4.28. The van der Waals surface area contributed by atoms with Crippen LogP contribution in [0.15, 0.2) is 58.4 Å². The van der Waals surface area contributed by atoms with Gasteiger partial charge in [0.2, 0.25) is 0 Å². The van der Waals surface area contributed by atoms with Crippen molar-refractivity contribution in [3.8, 4) is 0 Å². The molecule has 2 N–H and O–H groups in total. The van der Waals surface area contributed by atoms with Crippen LogP contribution in [0.3, 0.4) is 0 Å². The van der Waals surface area contributed by atoms with Crippen LogP contribution < -0.4 is 10.0 Å². The van der Waals surface area contributed by atoms with Crippen molar-refractivity contribution in [3.05, 3.63) is 59.1 Å². The number of carbonyl (C=O) groups is 2. The number of hydrogen-bond acceptors (Lipinski definition) is 6. The van der Waals surface area contributed by atoms with Crippen LogP contribution in [0.2, 0.25) is 5.02 Å². The lowest BCUT2D eigenvalue weighted by molar-refractivity contribution is -0.155. The first-order valence-corrected chi connectivity index (χ1v) is 11.4. The van der Waals surface area contributed by atoms with Crippen LogP contribution in [-0.4, -0.2) is 38.3 Å². The highest BCUT2D eigenvalue weighted by atomic mass is 35.5. The van der Waals surface area contributed by atoms with E-state index in [2.05, 4.69) is 15.0 Å². The average Bonchev–Trinajstić information content (AvgIpc) is 2.97. The molecular weight excluding hydrogens is 442 g/mol. The van der Waals surface area contributed by atoms with Crippen LogP contribution in [0.5, 0.6) is 0 Å². The molecule has 2 atom stereocenters. The number of fused-ring (bicyclic) bond motifs is 1. The topological polar surface area (TPSA) is 114 Å². The highest BCUT2D eigenvalue weighted by Crippen LogP contribution is 2.24. The third-order valence-corrected chi connectivity index (χ3v) is 6.23. The maximum atomic E-state index is 12.8. The highest BCUT2D eigenvalue weighted by Gasteiger charge is 2.34. The maximum absolute atomic E-state index is 12.8. The minimum absolute atomic E-state index is 0.0736. The predicted octanol–water partition coefficient (Wildman–Crippen LogP) is 2.97. The van der Waals surface area contributed by atoms with Gasteiger partial charge in [-0.2, -0.15) is 0 Å². The molecule has 164 valence electrons. The number of esters is 1. The zero-order chi connectivity index (χ0) is 22.8. The largest absolute Gasteiger partial charge is 0.451 e. The number of sulfonamides is 1. The van der Waals surface area contributed by atoms with E-state index in [1.54, 1.807) is 56.3 Å². The summed E-state index contributed by atoms with van der Waals surface area (Å²) < 4.78 is 32.2. The normalized spacial score (nSPS) is 17.5. The van der Waals surface area contributed by atoms with E-state index in [9.17, 15) is 18.0 Å². The first kappa shape index (κ1) is 22.8. The van der Waals surface area contributed by atoms with E-state index in [1.807, 2.05) is 0 Å². The van der Waals surface area contributed by atoms with Gasteiger partial charge in [-0.25, -0.2) is 13.2 Å². The Morgan fingerprint density at radius 3 is 2.35 bits per heavy atom. The summed E-state index contributed by atoms with van der Waals surface area (Å²) >= 11 is 5.83. The number of carbonyl (C=O) groups excluding carboxylic acids is 2. The van der Waals surface area contributed by atoms with Crippen LogP contribution in [0.1, 0.15) is 26.3 Å². The standard InChI is InChI=1S/C21H22ClN3O5S/c1-12(2)18(24-19-16-6-4-5-7-17(16)31(28,29)25-19)21(27)30-13(3)20(26)23-15-10-8-14(22)9-11-15/h4-13,18H,1-3H3,(H,23,26)(H,24,25)/t13-,18-/m1/s1. The molecular formula is C21H22ClN3O5S. The van der Waals surface area contributed by atoms with Crippen molar-refractivity contribution in [2.45, 2.75) is 37.8 Å². The molecule has 31 heavy (non-hydrogen) atoms. The number of nitrogens with zero attached hydrogens (tertiary/aromatic N) is 1. The molecule has 0 saturated heterocycles. The maximum Gasteiger partial charge on any atom is 0.331 e. The minimum atomic E-state index is -3.73. The second kappa shape index (κ2) is 9.07. The first-order chi connectivity index (χ1) is 14.6. The fraction of sp³-hybridized carbons (Fsp3) is 0.286. The van der Waals surface area contributed by atoms with Crippen LogP contribution in [-0.2, 0) is 24.3 Å². The smallest absolute Gasteiger partial charge is 0.331 e. The zero-order valence-corrected chi connectivity index (χ0v) is 18.7. The molecule has 0 radical (unpaired) electrons. The molecule has 10 heteroatoms. The zero-order valence-electron chi connectivity index (χ0n) is 17.1. The number of ether oxygens (including phenoxy) is 1. The number of amides is 1. The summed E-state index contributed by atoms with van der Waals surface area (Å²) in [6.45, 7) is 4.95. The number of halogens is 1. The molecule has 2 aromatic carbocycles. The molecule has 1 aliphatic rings. The molecule has 1 aliphatic heterocycles. The molecule has 0 spiro atoms. The number of hydrogen-bond donors (Lipinski definition) is 2. The molecule has 1 amide bonds. The van der Waals surface area contributed by atoms with E-state index in [0.717, 1.165) is 0 Å². The van der Waals surface area contributed by atoms with Gasteiger partial charge in [0.1, 0.15) is 5.84 Å². The molecule has 2 aromatic rings. The van der Waals surface area contributed by atoms with E-state index in [4.69, 9.17) is 16.3 Å². The van der Waals surface area contributed by atoms with Gasteiger partial charge in [-0.3, -0.25) is 14.5 Å². The quantitative estimate of drug-likeness (QED) is 0.639. The molecule has 1 heterocycles. The Balaban J connectivity index is 1.75. The number of anilines is 1. The van der Waals surface area contributed by atoms with Crippen molar-refractivity contribution in [2.75, 3.05) is 5.32 Å². The van der Waals surface area contributed by atoms with Crippen molar-refractivity contribution in [1.82, 2.24) is 4.72 Å².